The van der Waals surface area contributed by atoms with E-state index in [0.29, 0.717) is 34.4 Å². The van der Waals surface area contributed by atoms with Gasteiger partial charge in [0.15, 0.2) is 11.5 Å². The van der Waals surface area contributed by atoms with Gasteiger partial charge in [0.25, 0.3) is 5.91 Å². The quantitative estimate of drug-likeness (QED) is 0.468. The zero-order valence-electron chi connectivity index (χ0n) is 15.6. The molecule has 0 unspecified atom stereocenters. The third-order valence-corrected chi connectivity index (χ3v) is 4.71. The van der Waals surface area contributed by atoms with Gasteiger partial charge in [0.1, 0.15) is 6.61 Å². The van der Waals surface area contributed by atoms with Crippen LogP contribution in [0.15, 0.2) is 66.9 Å². The van der Waals surface area contributed by atoms with Crippen LogP contribution in [0.4, 0.5) is 5.69 Å². The first-order chi connectivity index (χ1) is 14.1. The van der Waals surface area contributed by atoms with E-state index in [1.807, 2.05) is 42.5 Å². The predicted octanol–water partition coefficient (Wildman–Crippen LogP) is 5.06. The number of rotatable bonds is 6. The summed E-state index contributed by atoms with van der Waals surface area (Å²) in [5.41, 5.74) is 2.87. The Bertz CT molecular complexity index is 1160. The largest absolute Gasteiger partial charge is 0.493 e. The summed E-state index contributed by atoms with van der Waals surface area (Å²) >= 11 is 5.90. The summed E-state index contributed by atoms with van der Waals surface area (Å²) in [6.07, 6.45) is 1.71. The molecule has 1 amide bonds. The molecule has 146 valence electrons. The molecule has 7 heteroatoms. The maximum Gasteiger partial charge on any atom is 0.255 e. The molecule has 0 fully saturated rings. The van der Waals surface area contributed by atoms with Crippen LogP contribution in [0.25, 0.3) is 10.9 Å². The average Bonchev–Trinajstić information content (AvgIpc) is 3.23. The number of H-pyrrole nitrogens is 1. The molecule has 0 saturated carbocycles. The molecule has 0 aliphatic heterocycles. The van der Waals surface area contributed by atoms with Crippen molar-refractivity contribution < 1.29 is 14.3 Å². The van der Waals surface area contributed by atoms with E-state index in [2.05, 4.69) is 15.5 Å². The molecule has 1 aromatic heterocycles. The van der Waals surface area contributed by atoms with Crippen molar-refractivity contribution in [3.05, 3.63) is 83.0 Å². The van der Waals surface area contributed by atoms with Crippen LogP contribution in [0.2, 0.25) is 5.02 Å². The standard InChI is InChI=1S/C22H18ClN3O3/c1-28-20-11-15(7-10-19(20)29-13-14-5-8-17(23)9-6-14)22(27)25-18-4-2-3-16-12-24-26-21(16)18/h2-12H,13H2,1H3,(H,24,26)(H,25,27). The van der Waals surface area contributed by atoms with Gasteiger partial charge in [0.05, 0.1) is 24.5 Å². The first-order valence-electron chi connectivity index (χ1n) is 8.93. The number of fused-ring (bicyclic) bond motifs is 1. The van der Waals surface area contributed by atoms with E-state index < -0.39 is 0 Å². The SMILES string of the molecule is COc1cc(C(=O)Nc2cccc3cn[nH]c23)ccc1OCc1ccc(Cl)cc1. The molecule has 6 nitrogen and oxygen atoms in total. The van der Waals surface area contributed by atoms with Gasteiger partial charge in [-0.15, -0.1) is 0 Å². The van der Waals surface area contributed by atoms with Gasteiger partial charge in [-0.1, -0.05) is 35.9 Å². The van der Waals surface area contributed by atoms with Crippen molar-refractivity contribution in [1.82, 2.24) is 10.2 Å². The van der Waals surface area contributed by atoms with Crippen LogP contribution >= 0.6 is 11.6 Å². The highest BCUT2D eigenvalue weighted by molar-refractivity contribution is 6.30. The van der Waals surface area contributed by atoms with Crippen molar-refractivity contribution in [3.8, 4) is 11.5 Å². The average molecular weight is 408 g/mol. The summed E-state index contributed by atoms with van der Waals surface area (Å²) in [6.45, 7) is 0.362. The summed E-state index contributed by atoms with van der Waals surface area (Å²) in [7, 11) is 1.54. The monoisotopic (exact) mass is 407 g/mol. The summed E-state index contributed by atoms with van der Waals surface area (Å²) in [5.74, 6) is 0.774. The van der Waals surface area contributed by atoms with Crippen molar-refractivity contribution in [2.45, 2.75) is 6.61 Å². The van der Waals surface area contributed by atoms with Gasteiger partial charge in [-0.2, -0.15) is 5.10 Å². The Balaban J connectivity index is 1.50. The molecular weight excluding hydrogens is 390 g/mol. The Morgan fingerprint density at radius 2 is 1.93 bits per heavy atom. The van der Waals surface area contributed by atoms with Gasteiger partial charge in [0.2, 0.25) is 0 Å². The Morgan fingerprint density at radius 1 is 1.10 bits per heavy atom. The number of amides is 1. The van der Waals surface area contributed by atoms with E-state index in [4.69, 9.17) is 21.1 Å². The molecule has 4 rings (SSSR count). The number of halogens is 1. The zero-order chi connectivity index (χ0) is 20.2. The number of aromatic nitrogens is 2. The van der Waals surface area contributed by atoms with Gasteiger partial charge < -0.3 is 14.8 Å². The van der Waals surface area contributed by atoms with Crippen molar-refractivity contribution in [3.63, 3.8) is 0 Å². The predicted molar refractivity (Wildman–Crippen MR) is 113 cm³/mol. The van der Waals surface area contributed by atoms with Crippen molar-refractivity contribution >= 4 is 34.1 Å². The molecule has 2 N–H and O–H groups in total. The molecule has 0 radical (unpaired) electrons. The van der Waals surface area contributed by atoms with Crippen LogP contribution < -0.4 is 14.8 Å². The second-order valence-electron chi connectivity index (χ2n) is 6.37. The van der Waals surface area contributed by atoms with Crippen LogP contribution in [0, 0.1) is 0 Å². The lowest BCUT2D eigenvalue weighted by Crippen LogP contribution is -2.12. The number of anilines is 1. The minimum Gasteiger partial charge on any atom is -0.493 e. The van der Waals surface area contributed by atoms with Crippen molar-refractivity contribution in [2.75, 3.05) is 12.4 Å². The number of nitrogens with zero attached hydrogens (tertiary/aromatic N) is 1. The Morgan fingerprint density at radius 3 is 2.72 bits per heavy atom. The number of hydrogen-bond acceptors (Lipinski definition) is 4. The smallest absolute Gasteiger partial charge is 0.255 e. The molecule has 0 aliphatic carbocycles. The number of ether oxygens (including phenoxy) is 2. The third-order valence-electron chi connectivity index (χ3n) is 4.46. The molecule has 0 atom stereocenters. The van der Waals surface area contributed by atoms with Gasteiger partial charge in [-0.05, 0) is 42.0 Å². The Kier molecular flexibility index (Phi) is 5.35. The van der Waals surface area contributed by atoms with Gasteiger partial charge >= 0.3 is 0 Å². The number of benzene rings is 3. The second kappa shape index (κ2) is 8.24. The molecule has 0 spiro atoms. The van der Waals surface area contributed by atoms with E-state index in [-0.39, 0.29) is 5.91 Å². The van der Waals surface area contributed by atoms with Gasteiger partial charge in [-0.25, -0.2) is 0 Å². The van der Waals surface area contributed by atoms with E-state index in [0.717, 1.165) is 16.5 Å². The first kappa shape index (κ1) is 18.8. The van der Waals surface area contributed by atoms with Gasteiger partial charge in [-0.3, -0.25) is 9.89 Å². The molecular formula is C22H18ClN3O3. The first-order valence-corrected chi connectivity index (χ1v) is 9.30. The van der Waals surface area contributed by atoms with Crippen LogP contribution in [0.3, 0.4) is 0 Å². The number of carbonyl (C=O) groups is 1. The zero-order valence-corrected chi connectivity index (χ0v) is 16.4. The van der Waals surface area contributed by atoms with Crippen LogP contribution in [0.1, 0.15) is 15.9 Å². The van der Waals surface area contributed by atoms with E-state index in [1.54, 1.807) is 24.4 Å². The lowest BCUT2D eigenvalue weighted by molar-refractivity contribution is 0.102. The van der Waals surface area contributed by atoms with Crippen LogP contribution in [-0.4, -0.2) is 23.2 Å². The highest BCUT2D eigenvalue weighted by atomic mass is 35.5. The van der Waals surface area contributed by atoms with E-state index in [9.17, 15) is 4.79 Å². The normalized spacial score (nSPS) is 10.7. The van der Waals surface area contributed by atoms with E-state index in [1.165, 1.54) is 7.11 Å². The Hall–Kier alpha value is -3.51. The summed E-state index contributed by atoms with van der Waals surface area (Å²) in [4.78, 5) is 12.7. The van der Waals surface area contributed by atoms with Crippen molar-refractivity contribution in [1.29, 1.82) is 0 Å². The molecule has 0 saturated heterocycles. The topological polar surface area (TPSA) is 76.2 Å². The second-order valence-corrected chi connectivity index (χ2v) is 6.81. The summed E-state index contributed by atoms with van der Waals surface area (Å²) < 4.78 is 11.3. The molecule has 3 aromatic carbocycles. The molecule has 0 aliphatic rings. The maximum atomic E-state index is 12.7. The fourth-order valence-electron chi connectivity index (χ4n) is 2.94. The lowest BCUT2D eigenvalue weighted by Gasteiger charge is -2.13. The maximum absolute atomic E-state index is 12.7. The number of methoxy groups -OCH3 is 1. The highest BCUT2D eigenvalue weighted by Gasteiger charge is 2.13. The number of aromatic amines is 1. The molecule has 29 heavy (non-hydrogen) atoms. The van der Waals surface area contributed by atoms with Crippen LogP contribution in [-0.2, 0) is 6.61 Å². The Labute approximate surface area is 172 Å². The minimum absolute atomic E-state index is 0.255. The minimum atomic E-state index is -0.255. The number of carbonyl (C=O) groups excluding carboxylic acids is 1. The fraction of sp³-hybridized carbons (Fsp3) is 0.0909. The summed E-state index contributed by atoms with van der Waals surface area (Å²) in [6, 6.07) is 18.1. The number of nitrogens with one attached hydrogen (secondary N) is 2. The third kappa shape index (κ3) is 4.17. The van der Waals surface area contributed by atoms with E-state index >= 15 is 0 Å². The number of hydrogen-bond donors (Lipinski definition) is 2. The van der Waals surface area contributed by atoms with Crippen LogP contribution in [0.5, 0.6) is 11.5 Å². The molecule has 4 aromatic rings. The number of para-hydroxylation sites is 1. The fourth-order valence-corrected chi connectivity index (χ4v) is 3.06. The van der Waals surface area contributed by atoms with Gasteiger partial charge in [0, 0.05) is 16.0 Å². The van der Waals surface area contributed by atoms with Crippen molar-refractivity contribution in [2.24, 2.45) is 0 Å². The molecule has 0 bridgehead atoms. The lowest BCUT2D eigenvalue weighted by atomic mass is 10.1. The highest BCUT2D eigenvalue weighted by Crippen LogP contribution is 2.30. The summed E-state index contributed by atoms with van der Waals surface area (Å²) in [5, 5.41) is 11.4. The molecule has 1 heterocycles.